The molecule has 58 heavy (non-hydrogen) atoms. The molecule has 0 bridgehead atoms. The van der Waals surface area contributed by atoms with Gasteiger partial charge in [0.05, 0.1) is 57.8 Å². The number of hydrogen-bond donors (Lipinski definition) is 0. The van der Waals surface area contributed by atoms with Crippen molar-refractivity contribution in [2.45, 2.75) is 65.2 Å². The van der Waals surface area contributed by atoms with Crippen molar-refractivity contribution in [1.29, 1.82) is 0 Å². The van der Waals surface area contributed by atoms with E-state index in [2.05, 4.69) is 28.7 Å². The fraction of sp³-hybridized carbons (Fsp3) is 0.457. The smallest absolute Gasteiger partial charge is 0.257 e. The lowest BCUT2D eigenvalue weighted by molar-refractivity contribution is -0.102. The topological polar surface area (TPSA) is 112 Å². The predicted molar refractivity (Wildman–Crippen MR) is 219 cm³/mol. The third-order valence-electron chi connectivity index (χ3n) is 9.54. The highest BCUT2D eigenvalue weighted by Crippen LogP contribution is 2.28. The van der Waals surface area contributed by atoms with Gasteiger partial charge in [0.15, 0.2) is 0 Å². The van der Waals surface area contributed by atoms with Crippen molar-refractivity contribution in [1.82, 2.24) is 14.1 Å². The Bertz CT molecular complexity index is 2230. The Balaban J connectivity index is 0.000000188. The quantitative estimate of drug-likeness (QED) is 0.191. The molecule has 0 radical (unpaired) electrons. The molecule has 2 aliphatic heterocycles. The zero-order valence-electron chi connectivity index (χ0n) is 33.8. The average molecular weight is 794 g/mol. The minimum absolute atomic E-state index is 0.124. The lowest BCUT2D eigenvalue weighted by Crippen LogP contribution is -2.33. The third-order valence-corrected chi connectivity index (χ3v) is 9.54. The van der Waals surface area contributed by atoms with E-state index >= 15 is 0 Å². The zero-order valence-corrected chi connectivity index (χ0v) is 33.8. The van der Waals surface area contributed by atoms with Gasteiger partial charge in [0.25, 0.3) is 11.1 Å². The average Bonchev–Trinajstić information content (AvgIpc) is 4.20. The summed E-state index contributed by atoms with van der Waals surface area (Å²) in [5.74, 6) is 14.4. The number of pyridine rings is 1. The number of aromatic nitrogens is 3. The SMILES string of the molecule is CC.Cc1cc(OC[C@H]2COCCO2)cc(=O)n1Cc1ccc(F)c(C#CC2CC2)c1.Cn1c(-c2ccc(C#CC3CC3)cc2)nc(OC[C@H]2COCCO2)cc1=O. The largest absolute Gasteiger partial charge is 0.491 e. The Kier molecular flexibility index (Phi) is 15.3. The highest BCUT2D eigenvalue weighted by atomic mass is 19.1. The summed E-state index contributed by atoms with van der Waals surface area (Å²) in [4.78, 5) is 29.4. The second kappa shape index (κ2) is 21.0. The summed E-state index contributed by atoms with van der Waals surface area (Å²) in [6.07, 6.45) is 4.34. The van der Waals surface area contributed by atoms with Gasteiger partial charge < -0.3 is 33.0 Å². The number of hydrogen-bond acceptors (Lipinski definition) is 9. The maximum absolute atomic E-state index is 14.0. The van der Waals surface area contributed by atoms with E-state index in [9.17, 15) is 14.0 Å². The molecule has 2 saturated carbocycles. The Hall–Kier alpha value is -5.24. The molecule has 2 aliphatic carbocycles. The van der Waals surface area contributed by atoms with Gasteiger partial charge >= 0.3 is 0 Å². The molecule has 12 heteroatoms. The van der Waals surface area contributed by atoms with E-state index in [0.29, 0.717) is 94.3 Å². The number of halogens is 1. The van der Waals surface area contributed by atoms with Gasteiger partial charge in [-0.15, -0.1) is 0 Å². The second-order valence-corrected chi connectivity index (χ2v) is 14.3. The molecule has 4 aromatic rings. The number of rotatable bonds is 9. The van der Waals surface area contributed by atoms with Crippen LogP contribution in [0.15, 0.2) is 70.3 Å². The Morgan fingerprint density at radius 2 is 1.41 bits per heavy atom. The van der Waals surface area contributed by atoms with Crippen molar-refractivity contribution in [3.05, 3.63) is 110 Å². The van der Waals surface area contributed by atoms with Crippen molar-refractivity contribution in [3.8, 4) is 46.7 Å². The van der Waals surface area contributed by atoms with Crippen LogP contribution in [0.5, 0.6) is 11.6 Å². The molecule has 0 spiro atoms. The van der Waals surface area contributed by atoms with Crippen LogP contribution < -0.4 is 20.6 Å². The molecule has 0 N–H and O–H groups in total. The fourth-order valence-electron chi connectivity index (χ4n) is 5.94. The fourth-order valence-corrected chi connectivity index (χ4v) is 5.94. The molecule has 2 atom stereocenters. The van der Waals surface area contributed by atoms with E-state index in [1.165, 1.54) is 35.6 Å². The van der Waals surface area contributed by atoms with Gasteiger partial charge in [-0.2, -0.15) is 4.98 Å². The number of ether oxygens (including phenoxy) is 6. The summed E-state index contributed by atoms with van der Waals surface area (Å²) in [5.41, 5.74) is 3.45. The van der Waals surface area contributed by atoms with Crippen molar-refractivity contribution in [3.63, 3.8) is 0 Å². The minimum atomic E-state index is -0.330. The zero-order chi connectivity index (χ0) is 40.9. The first kappa shape index (κ1) is 42.4. The minimum Gasteiger partial charge on any atom is -0.491 e. The van der Waals surface area contributed by atoms with Crippen LogP contribution in [0.3, 0.4) is 0 Å². The maximum Gasteiger partial charge on any atom is 0.257 e. The molecule has 2 aromatic heterocycles. The van der Waals surface area contributed by atoms with Gasteiger partial charge in [-0.25, -0.2) is 4.39 Å². The molecule has 4 heterocycles. The molecular weight excluding hydrogens is 742 g/mol. The Morgan fingerprint density at radius 3 is 2.02 bits per heavy atom. The molecule has 11 nitrogen and oxygen atoms in total. The van der Waals surface area contributed by atoms with Crippen LogP contribution in [0, 0.1) is 48.3 Å². The van der Waals surface area contributed by atoms with E-state index in [-0.39, 0.29) is 29.1 Å². The van der Waals surface area contributed by atoms with Crippen LogP contribution in [0.1, 0.15) is 61.9 Å². The summed E-state index contributed by atoms with van der Waals surface area (Å²) < 4.78 is 50.4. The van der Waals surface area contributed by atoms with Gasteiger partial charge in [-0.1, -0.05) is 55.7 Å². The standard InChI is InChI=1S/C23H24FNO4.C21H22N2O4.C2H6/c1-16-10-20(29-15-21-14-27-8-9-28-21)12-23(26)25(16)13-18-5-7-22(24)19(11-18)6-4-17-2-3-17;1-23-20(24)12-19(27-14-18-13-25-10-11-26-18)22-21(23)17-8-6-16(7-9-17)5-4-15-2-3-15;1-2/h5,7,10-12,17,21H,2-3,8-9,13-15H2,1H3;6-9,12,15,18H,2-3,10-11,13-14H2,1H3;1-2H3/t21-;18-;/m11./s1. The van der Waals surface area contributed by atoms with E-state index in [0.717, 1.165) is 35.2 Å². The highest BCUT2D eigenvalue weighted by molar-refractivity contribution is 5.58. The van der Waals surface area contributed by atoms with Crippen LogP contribution >= 0.6 is 0 Å². The van der Waals surface area contributed by atoms with Gasteiger partial charge in [0.2, 0.25) is 5.88 Å². The molecular formula is C46H52FN3O8. The monoisotopic (exact) mass is 793 g/mol. The summed E-state index contributed by atoms with van der Waals surface area (Å²) >= 11 is 0. The van der Waals surface area contributed by atoms with Gasteiger partial charge in [0, 0.05) is 41.8 Å². The number of aryl methyl sites for hydroxylation is 1. The van der Waals surface area contributed by atoms with Gasteiger partial charge in [-0.05, 0) is 68.5 Å². The molecule has 4 fully saturated rings. The number of nitrogens with zero attached hydrogens (tertiary/aromatic N) is 3. The summed E-state index contributed by atoms with van der Waals surface area (Å²) in [7, 11) is 1.70. The van der Waals surface area contributed by atoms with Gasteiger partial charge in [-0.3, -0.25) is 14.2 Å². The van der Waals surface area contributed by atoms with Gasteiger partial charge in [0.1, 0.15) is 42.8 Å². The summed E-state index contributed by atoms with van der Waals surface area (Å²) in [6, 6.07) is 17.3. The molecule has 4 aliphatic rings. The summed E-state index contributed by atoms with van der Waals surface area (Å²) in [6.45, 7) is 10.1. The molecule has 306 valence electrons. The maximum atomic E-state index is 14.0. The van der Waals surface area contributed by atoms with E-state index in [1.54, 1.807) is 23.7 Å². The van der Waals surface area contributed by atoms with Crippen LogP contribution in [0.25, 0.3) is 11.4 Å². The lowest BCUT2D eigenvalue weighted by Gasteiger charge is -2.23. The first-order chi connectivity index (χ1) is 28.3. The van der Waals surface area contributed by atoms with Crippen molar-refractivity contribution in [2.75, 3.05) is 52.9 Å². The van der Waals surface area contributed by atoms with E-state index in [1.807, 2.05) is 51.1 Å². The molecule has 2 aromatic carbocycles. The predicted octanol–water partition coefficient (Wildman–Crippen LogP) is 5.93. The van der Waals surface area contributed by atoms with Crippen molar-refractivity contribution < 1.29 is 32.8 Å². The molecule has 0 amide bonds. The van der Waals surface area contributed by atoms with Crippen molar-refractivity contribution >= 4 is 0 Å². The Morgan fingerprint density at radius 1 is 0.776 bits per heavy atom. The third kappa shape index (κ3) is 12.6. The first-order valence-corrected chi connectivity index (χ1v) is 20.1. The molecule has 0 unspecified atom stereocenters. The second-order valence-electron chi connectivity index (χ2n) is 14.3. The number of benzene rings is 2. The van der Waals surface area contributed by atoms with E-state index in [4.69, 9.17) is 28.4 Å². The van der Waals surface area contributed by atoms with E-state index < -0.39 is 0 Å². The molecule has 2 saturated heterocycles. The first-order valence-electron chi connectivity index (χ1n) is 20.1. The van der Waals surface area contributed by atoms with Crippen LogP contribution in [-0.2, 0) is 32.5 Å². The van der Waals surface area contributed by atoms with Crippen LogP contribution in [-0.4, -0.2) is 79.2 Å². The summed E-state index contributed by atoms with van der Waals surface area (Å²) in [5, 5.41) is 0. The van der Waals surface area contributed by atoms with Crippen LogP contribution in [0.4, 0.5) is 4.39 Å². The lowest BCUT2D eigenvalue weighted by atomic mass is 10.1. The normalized spacial score (nSPS) is 18.4. The van der Waals surface area contributed by atoms with Crippen molar-refractivity contribution in [2.24, 2.45) is 18.9 Å². The van der Waals surface area contributed by atoms with Crippen LogP contribution in [0.2, 0.25) is 0 Å². The Labute approximate surface area is 339 Å². The highest BCUT2D eigenvalue weighted by Gasteiger charge is 2.20. The molecule has 8 rings (SSSR count).